The highest BCUT2D eigenvalue weighted by Gasteiger charge is 2.69. The Morgan fingerprint density at radius 2 is 1.76 bits per heavy atom. The fraction of sp³-hybridized carbons (Fsp3) is 0.368. The van der Waals surface area contributed by atoms with E-state index in [1.165, 1.54) is 0 Å². The lowest BCUT2D eigenvalue weighted by Crippen LogP contribution is -2.58. The lowest BCUT2D eigenvalue weighted by atomic mass is 9.75. The van der Waals surface area contributed by atoms with E-state index in [1.54, 1.807) is 0 Å². The Hall–Kier alpha value is -3.71. The van der Waals surface area contributed by atoms with Gasteiger partial charge < -0.3 is 10.6 Å². The summed E-state index contributed by atoms with van der Waals surface area (Å²) < 4.78 is 71.0. The molecule has 0 spiro atoms. The van der Waals surface area contributed by atoms with Crippen molar-refractivity contribution in [1.29, 1.82) is 0 Å². The van der Waals surface area contributed by atoms with Crippen molar-refractivity contribution in [3.05, 3.63) is 23.6 Å². The lowest BCUT2D eigenvalue weighted by Gasteiger charge is -2.35. The van der Waals surface area contributed by atoms with Crippen molar-refractivity contribution < 1.29 is 31.5 Å². The summed E-state index contributed by atoms with van der Waals surface area (Å²) in [6.45, 7) is 1.38. The number of fused-ring (bicyclic) bond motifs is 1. The van der Waals surface area contributed by atoms with Gasteiger partial charge in [0.1, 0.15) is 23.1 Å². The molecule has 2 amide bonds. The van der Waals surface area contributed by atoms with Gasteiger partial charge in [0.15, 0.2) is 16.9 Å². The average Bonchev–Trinajstić information content (AvgIpc) is 3.20. The maximum absolute atomic E-state index is 14.6. The van der Waals surface area contributed by atoms with Crippen molar-refractivity contribution in [3.63, 3.8) is 0 Å². The minimum absolute atomic E-state index is 0.0674. The van der Waals surface area contributed by atoms with Gasteiger partial charge in [0.05, 0.1) is 17.1 Å². The zero-order chi connectivity index (χ0) is 23.9. The molecule has 0 fully saturated rings. The maximum atomic E-state index is 14.6. The average molecular weight is 467 g/mol. The van der Waals surface area contributed by atoms with Crippen LogP contribution in [0.5, 0.6) is 0 Å². The summed E-state index contributed by atoms with van der Waals surface area (Å²) in [5.41, 5.74) is -2.84. The van der Waals surface area contributed by atoms with Crippen LogP contribution < -0.4 is 10.6 Å². The molecular formula is C19H14F5N7O2. The van der Waals surface area contributed by atoms with E-state index in [2.05, 4.69) is 25.4 Å². The SMILES string of the molecule is CC(F)(F)CCn1nc(-c2nc3c4c(n2)NC(=O)[C@@]4(C)C(F)(F)C(=O)N3)c2cc(F)cnc21. The smallest absolute Gasteiger partial charge is 0.309 e. The van der Waals surface area contributed by atoms with Crippen LogP contribution in [0.4, 0.5) is 33.6 Å². The second-order valence-electron chi connectivity index (χ2n) is 8.14. The topological polar surface area (TPSA) is 115 Å². The van der Waals surface area contributed by atoms with Gasteiger partial charge >= 0.3 is 5.92 Å². The molecule has 0 aliphatic carbocycles. The highest BCUT2D eigenvalue weighted by atomic mass is 19.3. The van der Waals surface area contributed by atoms with Gasteiger partial charge in [0, 0.05) is 13.0 Å². The first-order chi connectivity index (χ1) is 15.3. The van der Waals surface area contributed by atoms with Crippen molar-refractivity contribution in [3.8, 4) is 11.5 Å². The normalized spacial score (nSPS) is 21.2. The highest BCUT2D eigenvalue weighted by Crippen LogP contribution is 2.53. The minimum Gasteiger partial charge on any atom is -0.309 e. The second-order valence-corrected chi connectivity index (χ2v) is 8.14. The number of nitrogens with one attached hydrogen (secondary N) is 2. The van der Waals surface area contributed by atoms with Crippen molar-refractivity contribution in [2.75, 3.05) is 10.6 Å². The van der Waals surface area contributed by atoms with E-state index in [4.69, 9.17) is 0 Å². The Kier molecular flexibility index (Phi) is 4.11. The molecule has 5 heterocycles. The Bertz CT molecular complexity index is 1370. The third kappa shape index (κ3) is 2.89. The van der Waals surface area contributed by atoms with Gasteiger partial charge in [0.2, 0.25) is 11.8 Å². The van der Waals surface area contributed by atoms with Crippen LogP contribution in [-0.4, -0.2) is 48.4 Å². The van der Waals surface area contributed by atoms with Crippen LogP contribution in [0.3, 0.4) is 0 Å². The highest BCUT2D eigenvalue weighted by molar-refractivity contribution is 6.16. The van der Waals surface area contributed by atoms with Gasteiger partial charge in [-0.2, -0.15) is 13.9 Å². The van der Waals surface area contributed by atoms with Crippen LogP contribution in [0.15, 0.2) is 12.3 Å². The Labute approximate surface area is 181 Å². The van der Waals surface area contributed by atoms with E-state index in [1.807, 2.05) is 5.32 Å². The minimum atomic E-state index is -4.06. The molecule has 2 aliphatic rings. The summed E-state index contributed by atoms with van der Waals surface area (Å²) in [7, 11) is 0. The van der Waals surface area contributed by atoms with Crippen molar-refractivity contribution in [2.45, 2.75) is 44.1 Å². The fourth-order valence-electron chi connectivity index (χ4n) is 3.94. The molecule has 2 aliphatic heterocycles. The van der Waals surface area contributed by atoms with E-state index < -0.39 is 41.3 Å². The molecule has 0 saturated heterocycles. The zero-order valence-corrected chi connectivity index (χ0v) is 17.0. The number of aryl methyl sites for hydroxylation is 1. The number of carbonyl (C=O) groups is 2. The van der Waals surface area contributed by atoms with E-state index in [0.29, 0.717) is 0 Å². The van der Waals surface area contributed by atoms with Crippen molar-refractivity contribution >= 4 is 34.5 Å². The van der Waals surface area contributed by atoms with Crippen LogP contribution in [0, 0.1) is 5.82 Å². The summed E-state index contributed by atoms with van der Waals surface area (Å²) >= 11 is 0. The molecule has 33 heavy (non-hydrogen) atoms. The number of rotatable bonds is 4. The Balaban J connectivity index is 1.70. The first kappa shape index (κ1) is 21.2. The van der Waals surface area contributed by atoms with Gasteiger partial charge in [-0.3, -0.25) is 9.59 Å². The molecule has 9 nitrogen and oxygen atoms in total. The van der Waals surface area contributed by atoms with Gasteiger partial charge in [-0.15, -0.1) is 0 Å². The van der Waals surface area contributed by atoms with Crippen molar-refractivity contribution in [1.82, 2.24) is 24.7 Å². The summed E-state index contributed by atoms with van der Waals surface area (Å²) in [5.74, 6) is -11.5. The molecular weight excluding hydrogens is 453 g/mol. The van der Waals surface area contributed by atoms with E-state index in [-0.39, 0.29) is 46.3 Å². The van der Waals surface area contributed by atoms with Gasteiger partial charge in [-0.1, -0.05) is 0 Å². The van der Waals surface area contributed by atoms with Crippen LogP contribution in [0.1, 0.15) is 25.8 Å². The van der Waals surface area contributed by atoms with Crippen molar-refractivity contribution in [2.24, 2.45) is 0 Å². The molecule has 172 valence electrons. The third-order valence-corrected chi connectivity index (χ3v) is 5.77. The van der Waals surface area contributed by atoms with E-state index in [0.717, 1.165) is 30.8 Å². The number of halogens is 5. The number of amides is 2. The lowest BCUT2D eigenvalue weighted by molar-refractivity contribution is -0.157. The quantitative estimate of drug-likeness (QED) is 0.571. The molecule has 0 aromatic carbocycles. The predicted molar refractivity (Wildman–Crippen MR) is 103 cm³/mol. The predicted octanol–water partition coefficient (Wildman–Crippen LogP) is 2.87. The molecule has 1 atom stereocenters. The number of carbonyl (C=O) groups excluding carboxylic acids is 2. The number of hydrogen-bond donors (Lipinski definition) is 2. The monoisotopic (exact) mass is 467 g/mol. The number of pyridine rings is 1. The first-order valence-electron chi connectivity index (χ1n) is 9.66. The molecule has 0 unspecified atom stereocenters. The summed E-state index contributed by atoms with van der Waals surface area (Å²) in [4.78, 5) is 36.6. The molecule has 3 aromatic heterocycles. The standard InChI is InChI=1S/C19H14F5N7O2/c1-17(21,22)3-4-31-14-8(5-7(20)6-25-14)10(30-31)13-26-11-9-12(27-13)29-16(33)19(23,24)18(9,2)15(32)28-11/h5-6H,3-4H2,1-2H3,(H2,26,27,28,29,32,33)/t18-/m0/s1. The van der Waals surface area contributed by atoms with Gasteiger partial charge in [-0.25, -0.2) is 32.8 Å². The number of nitrogens with zero attached hydrogens (tertiary/aromatic N) is 5. The zero-order valence-electron chi connectivity index (χ0n) is 17.0. The summed E-state index contributed by atoms with van der Waals surface area (Å²) in [6.07, 6.45) is 0.299. The summed E-state index contributed by atoms with van der Waals surface area (Å²) in [5, 5.41) is 8.46. The molecule has 0 saturated carbocycles. The van der Waals surface area contributed by atoms with Crippen LogP contribution >= 0.6 is 0 Å². The summed E-state index contributed by atoms with van der Waals surface area (Å²) in [6, 6.07) is 1.04. The molecule has 14 heteroatoms. The van der Waals surface area contributed by atoms with Crippen LogP contribution in [0.2, 0.25) is 0 Å². The van der Waals surface area contributed by atoms with Gasteiger partial charge in [-0.05, 0) is 19.9 Å². The number of hydrogen-bond acceptors (Lipinski definition) is 6. The van der Waals surface area contributed by atoms with Crippen LogP contribution in [0.25, 0.3) is 22.6 Å². The maximum Gasteiger partial charge on any atom is 0.343 e. The van der Waals surface area contributed by atoms with E-state index in [9.17, 15) is 31.5 Å². The number of alkyl halides is 4. The van der Waals surface area contributed by atoms with E-state index >= 15 is 0 Å². The number of anilines is 2. The van der Waals surface area contributed by atoms with Crippen LogP contribution in [-0.2, 0) is 21.5 Å². The number of aromatic nitrogens is 5. The van der Waals surface area contributed by atoms with Gasteiger partial charge in [0.25, 0.3) is 5.91 Å². The largest absolute Gasteiger partial charge is 0.343 e. The fourth-order valence-corrected chi connectivity index (χ4v) is 3.94. The molecule has 0 radical (unpaired) electrons. The Morgan fingerprint density at radius 3 is 2.39 bits per heavy atom. The molecule has 3 aromatic rings. The molecule has 2 N–H and O–H groups in total. The Morgan fingerprint density at radius 1 is 1.12 bits per heavy atom. The second kappa shape index (κ2) is 6.42. The molecule has 0 bridgehead atoms. The third-order valence-electron chi connectivity index (χ3n) is 5.77. The molecule has 5 rings (SSSR count). The first-order valence-corrected chi connectivity index (χ1v) is 9.66.